The number of methoxy groups -OCH3 is 4. The average molecular weight is 521 g/mol. The second-order valence-electron chi connectivity index (χ2n) is 8.78. The van der Waals surface area contributed by atoms with Gasteiger partial charge in [0.2, 0.25) is 11.2 Å². The van der Waals surface area contributed by atoms with Gasteiger partial charge in [0, 0.05) is 17.7 Å². The molecule has 0 aliphatic carbocycles. The number of rotatable bonds is 11. The van der Waals surface area contributed by atoms with Crippen molar-refractivity contribution in [3.8, 4) is 45.8 Å². The summed E-state index contributed by atoms with van der Waals surface area (Å²) < 4.78 is 39.7. The van der Waals surface area contributed by atoms with Crippen LogP contribution in [0, 0.1) is 0 Å². The topological polar surface area (TPSA) is 85.6 Å². The molecule has 0 unspecified atom stereocenters. The van der Waals surface area contributed by atoms with Crippen molar-refractivity contribution in [3.63, 3.8) is 0 Å². The first kappa shape index (κ1) is 26.7. The molecule has 4 rings (SSSR count). The molecule has 1 heterocycles. The molecule has 0 fully saturated rings. The molecule has 38 heavy (non-hydrogen) atoms. The van der Waals surface area contributed by atoms with Crippen LogP contribution in [-0.4, -0.2) is 41.7 Å². The Morgan fingerprint density at radius 3 is 2.03 bits per heavy atom. The van der Waals surface area contributed by atoms with Crippen molar-refractivity contribution in [2.45, 2.75) is 19.8 Å². The lowest BCUT2D eigenvalue weighted by Crippen LogP contribution is -2.16. The molecule has 0 atom stereocenters. The van der Waals surface area contributed by atoms with Crippen LogP contribution >= 0.6 is 0 Å². The molecule has 4 aromatic rings. The number of hydrogen-bond acceptors (Lipinski definition) is 8. The van der Waals surface area contributed by atoms with E-state index in [1.807, 2.05) is 24.3 Å². The van der Waals surface area contributed by atoms with Crippen LogP contribution in [0.15, 0.2) is 63.8 Å². The van der Waals surface area contributed by atoms with Crippen molar-refractivity contribution >= 4 is 11.0 Å². The van der Waals surface area contributed by atoms with Gasteiger partial charge in [-0.2, -0.15) is 0 Å². The predicted octanol–water partition coefficient (Wildman–Crippen LogP) is 6.08. The van der Waals surface area contributed by atoms with E-state index < -0.39 is 0 Å². The molecule has 0 bridgehead atoms. The highest BCUT2D eigenvalue weighted by atomic mass is 16.5. The van der Waals surface area contributed by atoms with Crippen molar-refractivity contribution < 1.29 is 32.8 Å². The Morgan fingerprint density at radius 1 is 0.711 bits per heavy atom. The molecule has 0 aliphatic rings. The van der Waals surface area contributed by atoms with Gasteiger partial charge in [-0.1, -0.05) is 26.0 Å². The average Bonchev–Trinajstić information content (AvgIpc) is 2.95. The van der Waals surface area contributed by atoms with Gasteiger partial charge in [-0.05, 0) is 41.8 Å². The molecule has 8 heteroatoms. The fraction of sp³-hybridized carbons (Fsp3) is 0.300. The predicted molar refractivity (Wildman–Crippen MR) is 146 cm³/mol. The van der Waals surface area contributed by atoms with E-state index in [1.165, 1.54) is 26.9 Å². The summed E-state index contributed by atoms with van der Waals surface area (Å²) in [4.78, 5) is 13.7. The van der Waals surface area contributed by atoms with Crippen molar-refractivity contribution in [1.82, 2.24) is 0 Å². The summed E-state index contributed by atoms with van der Waals surface area (Å²) in [7, 11) is 6.10. The molecule has 8 nitrogen and oxygen atoms in total. The zero-order valence-corrected chi connectivity index (χ0v) is 22.5. The number of ether oxygens (including phenoxy) is 6. The van der Waals surface area contributed by atoms with Crippen LogP contribution in [0.3, 0.4) is 0 Å². The molecule has 0 aliphatic heterocycles. The lowest BCUT2D eigenvalue weighted by atomic mass is 10.0. The van der Waals surface area contributed by atoms with E-state index in [4.69, 9.17) is 32.8 Å². The van der Waals surface area contributed by atoms with Crippen molar-refractivity contribution in [3.05, 3.63) is 70.4 Å². The molecule has 0 saturated carbocycles. The van der Waals surface area contributed by atoms with E-state index in [1.54, 1.807) is 37.4 Å². The van der Waals surface area contributed by atoms with E-state index in [0.717, 1.165) is 5.75 Å². The second-order valence-corrected chi connectivity index (χ2v) is 8.78. The third-order valence-corrected chi connectivity index (χ3v) is 6.14. The Labute approximate surface area is 221 Å². The van der Waals surface area contributed by atoms with E-state index in [-0.39, 0.29) is 35.5 Å². The minimum Gasteiger partial charge on any atom is -0.496 e. The monoisotopic (exact) mass is 520 g/mol. The number of fused-ring (bicyclic) bond motifs is 1. The van der Waals surface area contributed by atoms with Gasteiger partial charge in [-0.15, -0.1) is 0 Å². The second kappa shape index (κ2) is 11.8. The summed E-state index contributed by atoms with van der Waals surface area (Å²) in [6.07, 6.45) is 0. The fourth-order valence-corrected chi connectivity index (χ4v) is 4.07. The highest BCUT2D eigenvalue weighted by Crippen LogP contribution is 2.39. The van der Waals surface area contributed by atoms with E-state index in [2.05, 4.69) is 13.8 Å². The zero-order valence-electron chi connectivity index (χ0n) is 22.5. The highest BCUT2D eigenvalue weighted by molar-refractivity contribution is 5.88. The molecular weight excluding hydrogens is 488 g/mol. The molecular formula is C30H32O8. The van der Waals surface area contributed by atoms with Crippen molar-refractivity contribution in [1.29, 1.82) is 0 Å². The normalized spacial score (nSPS) is 10.9. The van der Waals surface area contributed by atoms with Gasteiger partial charge in [-0.25, -0.2) is 0 Å². The standard InChI is InChI=1S/C30H32O8/c1-18(2)19-7-10-21(11-8-19)36-13-14-37-30-28(31)27-25(35-6)16-22(32-3)17-26(27)38-29(30)20-9-12-23(33-4)24(15-20)34-5/h7-12,15-18H,13-14H2,1-6H3. The number of hydrogen-bond donors (Lipinski definition) is 0. The quantitative estimate of drug-likeness (QED) is 0.220. The summed E-state index contributed by atoms with van der Waals surface area (Å²) >= 11 is 0. The fourth-order valence-electron chi connectivity index (χ4n) is 4.07. The van der Waals surface area contributed by atoms with Gasteiger partial charge < -0.3 is 32.8 Å². The molecule has 0 N–H and O–H groups in total. The Balaban J connectivity index is 1.71. The summed E-state index contributed by atoms with van der Waals surface area (Å²) in [5.74, 6) is 3.26. The molecule has 0 spiro atoms. The first-order valence-corrected chi connectivity index (χ1v) is 12.2. The third-order valence-electron chi connectivity index (χ3n) is 6.14. The Kier molecular flexibility index (Phi) is 8.31. The minimum absolute atomic E-state index is 0.0342. The summed E-state index contributed by atoms with van der Waals surface area (Å²) in [5, 5.41) is 0.248. The van der Waals surface area contributed by atoms with Gasteiger partial charge in [0.05, 0.1) is 28.4 Å². The largest absolute Gasteiger partial charge is 0.496 e. The van der Waals surface area contributed by atoms with Crippen LogP contribution in [0.4, 0.5) is 0 Å². The van der Waals surface area contributed by atoms with Gasteiger partial charge in [0.15, 0.2) is 17.3 Å². The van der Waals surface area contributed by atoms with Crippen LogP contribution in [-0.2, 0) is 0 Å². The maximum atomic E-state index is 13.7. The Bertz CT molecular complexity index is 1450. The lowest BCUT2D eigenvalue weighted by Gasteiger charge is -2.15. The first-order valence-electron chi connectivity index (χ1n) is 12.2. The van der Waals surface area contributed by atoms with E-state index in [0.29, 0.717) is 40.1 Å². The van der Waals surface area contributed by atoms with Crippen molar-refractivity contribution in [2.24, 2.45) is 0 Å². The van der Waals surface area contributed by atoms with E-state index in [9.17, 15) is 4.79 Å². The van der Waals surface area contributed by atoms with Gasteiger partial charge in [-0.3, -0.25) is 4.79 Å². The number of benzene rings is 3. The summed E-state index contributed by atoms with van der Waals surface area (Å²) in [5.41, 5.74) is 1.72. The Morgan fingerprint density at radius 2 is 1.39 bits per heavy atom. The highest BCUT2D eigenvalue weighted by Gasteiger charge is 2.22. The SMILES string of the molecule is COc1cc(OC)c2c(=O)c(OCCOc3ccc(C(C)C)cc3)c(-c3ccc(OC)c(OC)c3)oc2c1. The molecule has 0 amide bonds. The maximum absolute atomic E-state index is 13.7. The van der Waals surface area contributed by atoms with Crippen molar-refractivity contribution in [2.75, 3.05) is 41.7 Å². The summed E-state index contributed by atoms with van der Waals surface area (Å²) in [6.45, 7) is 4.62. The van der Waals surface area contributed by atoms with Gasteiger partial charge in [0.1, 0.15) is 41.4 Å². The van der Waals surface area contributed by atoms with Gasteiger partial charge in [0.25, 0.3) is 0 Å². The lowest BCUT2D eigenvalue weighted by molar-refractivity contribution is 0.214. The molecule has 3 aromatic carbocycles. The minimum atomic E-state index is -0.378. The molecule has 1 aromatic heterocycles. The van der Waals surface area contributed by atoms with Crippen LogP contribution in [0.2, 0.25) is 0 Å². The zero-order chi connectivity index (χ0) is 27.2. The maximum Gasteiger partial charge on any atom is 0.239 e. The molecule has 0 radical (unpaired) electrons. The van der Waals surface area contributed by atoms with Crippen LogP contribution in [0.25, 0.3) is 22.3 Å². The van der Waals surface area contributed by atoms with Crippen LogP contribution < -0.4 is 33.8 Å². The smallest absolute Gasteiger partial charge is 0.239 e. The molecule has 200 valence electrons. The van der Waals surface area contributed by atoms with E-state index >= 15 is 0 Å². The third kappa shape index (κ3) is 5.49. The van der Waals surface area contributed by atoms with Crippen LogP contribution in [0.1, 0.15) is 25.3 Å². The van der Waals surface area contributed by atoms with Gasteiger partial charge >= 0.3 is 0 Å². The summed E-state index contributed by atoms with van der Waals surface area (Å²) in [6, 6.07) is 16.4. The van der Waals surface area contributed by atoms with Crippen LogP contribution in [0.5, 0.6) is 34.5 Å². The molecule has 0 saturated heterocycles. The Hall–Kier alpha value is -4.33. The first-order chi connectivity index (χ1) is 18.4.